The highest BCUT2D eigenvalue weighted by atomic mass is 35.5. The van der Waals surface area contributed by atoms with Gasteiger partial charge in [0, 0.05) is 11.6 Å². The Kier molecular flexibility index (Phi) is 5.46. The zero-order valence-corrected chi connectivity index (χ0v) is 15.5. The van der Waals surface area contributed by atoms with Gasteiger partial charge in [-0.2, -0.15) is 0 Å². The van der Waals surface area contributed by atoms with Crippen LogP contribution in [0.5, 0.6) is 5.75 Å². The van der Waals surface area contributed by atoms with Crippen molar-refractivity contribution in [2.24, 2.45) is 4.99 Å². The van der Waals surface area contributed by atoms with Crippen LogP contribution in [-0.4, -0.2) is 29.6 Å². The third-order valence-electron chi connectivity index (χ3n) is 3.67. The molecule has 1 fully saturated rings. The molecule has 0 aromatic heterocycles. The van der Waals surface area contributed by atoms with Crippen molar-refractivity contribution in [2.75, 3.05) is 13.7 Å². The molecule has 1 heterocycles. The number of thioether (sulfide) groups is 1. The number of methoxy groups -OCH3 is 1. The van der Waals surface area contributed by atoms with Crippen molar-refractivity contribution in [3.05, 3.63) is 64.0 Å². The van der Waals surface area contributed by atoms with Crippen LogP contribution in [0.3, 0.4) is 0 Å². The van der Waals surface area contributed by atoms with Crippen molar-refractivity contribution in [1.29, 1.82) is 0 Å². The first-order chi connectivity index (χ1) is 12.1. The Morgan fingerprint density at radius 3 is 2.44 bits per heavy atom. The smallest absolute Gasteiger partial charge is 0.266 e. The van der Waals surface area contributed by atoms with Gasteiger partial charge in [0.05, 0.1) is 17.7 Å². The van der Waals surface area contributed by atoms with E-state index in [2.05, 4.69) is 4.99 Å². The maximum atomic E-state index is 12.6. The van der Waals surface area contributed by atoms with Crippen LogP contribution in [0.15, 0.2) is 58.4 Å². The zero-order valence-electron chi connectivity index (χ0n) is 13.9. The van der Waals surface area contributed by atoms with E-state index in [1.54, 1.807) is 12.0 Å². The minimum atomic E-state index is -0.0327. The first kappa shape index (κ1) is 17.6. The van der Waals surface area contributed by atoms with Gasteiger partial charge in [-0.05, 0) is 66.7 Å². The van der Waals surface area contributed by atoms with E-state index in [0.29, 0.717) is 21.6 Å². The minimum absolute atomic E-state index is 0.0327. The van der Waals surface area contributed by atoms with E-state index < -0.39 is 0 Å². The van der Waals surface area contributed by atoms with Gasteiger partial charge < -0.3 is 4.74 Å². The van der Waals surface area contributed by atoms with E-state index in [9.17, 15) is 4.79 Å². The second-order valence-electron chi connectivity index (χ2n) is 5.30. The van der Waals surface area contributed by atoms with Crippen molar-refractivity contribution in [1.82, 2.24) is 4.90 Å². The number of amidine groups is 1. The van der Waals surface area contributed by atoms with Crippen LogP contribution in [-0.2, 0) is 4.79 Å². The number of ether oxygens (including phenoxy) is 1. The van der Waals surface area contributed by atoms with Gasteiger partial charge >= 0.3 is 0 Å². The molecule has 0 radical (unpaired) electrons. The molecule has 0 bridgehead atoms. The van der Waals surface area contributed by atoms with Crippen LogP contribution in [0.25, 0.3) is 6.08 Å². The predicted octanol–water partition coefficient (Wildman–Crippen LogP) is 4.97. The van der Waals surface area contributed by atoms with Gasteiger partial charge in [-0.25, -0.2) is 4.99 Å². The van der Waals surface area contributed by atoms with Crippen molar-refractivity contribution in [3.63, 3.8) is 0 Å². The summed E-state index contributed by atoms with van der Waals surface area (Å²) in [6.45, 7) is 2.51. The largest absolute Gasteiger partial charge is 0.497 e. The van der Waals surface area contributed by atoms with Crippen LogP contribution >= 0.6 is 23.4 Å². The molecule has 1 saturated heterocycles. The van der Waals surface area contributed by atoms with Gasteiger partial charge in [0.2, 0.25) is 0 Å². The number of benzene rings is 2. The van der Waals surface area contributed by atoms with Crippen LogP contribution in [0.2, 0.25) is 5.02 Å². The Morgan fingerprint density at radius 2 is 1.84 bits per heavy atom. The third kappa shape index (κ3) is 4.06. The Hall–Kier alpha value is -2.24. The number of amides is 1. The van der Waals surface area contributed by atoms with E-state index in [1.807, 2.05) is 61.5 Å². The minimum Gasteiger partial charge on any atom is -0.497 e. The molecule has 0 unspecified atom stereocenters. The van der Waals surface area contributed by atoms with E-state index >= 15 is 0 Å². The van der Waals surface area contributed by atoms with Crippen molar-refractivity contribution >= 4 is 46.2 Å². The second kappa shape index (κ2) is 7.76. The summed E-state index contributed by atoms with van der Waals surface area (Å²) in [5.74, 6) is 0.740. The summed E-state index contributed by atoms with van der Waals surface area (Å²) < 4.78 is 5.15. The first-order valence-electron chi connectivity index (χ1n) is 7.80. The molecule has 25 heavy (non-hydrogen) atoms. The monoisotopic (exact) mass is 372 g/mol. The molecule has 4 nitrogen and oxygen atoms in total. The number of carbonyl (C=O) groups is 1. The Labute approximate surface area is 156 Å². The summed E-state index contributed by atoms with van der Waals surface area (Å²) >= 11 is 7.29. The fraction of sp³-hybridized carbons (Fsp3) is 0.158. The van der Waals surface area contributed by atoms with Gasteiger partial charge in [-0.1, -0.05) is 23.7 Å². The van der Waals surface area contributed by atoms with E-state index in [0.717, 1.165) is 17.0 Å². The molecule has 1 aliphatic rings. The molecule has 0 saturated carbocycles. The lowest BCUT2D eigenvalue weighted by molar-refractivity contribution is -0.122. The number of nitrogens with zero attached hydrogens (tertiary/aromatic N) is 2. The Morgan fingerprint density at radius 1 is 1.16 bits per heavy atom. The van der Waals surface area contributed by atoms with Crippen molar-refractivity contribution in [3.8, 4) is 5.75 Å². The molecule has 0 aliphatic carbocycles. The maximum Gasteiger partial charge on any atom is 0.266 e. The summed E-state index contributed by atoms with van der Waals surface area (Å²) in [4.78, 5) is 19.6. The Balaban J connectivity index is 1.88. The third-order valence-corrected chi connectivity index (χ3v) is 4.93. The van der Waals surface area contributed by atoms with Crippen LogP contribution in [0.4, 0.5) is 5.69 Å². The molecule has 0 spiro atoms. The number of halogens is 1. The van der Waals surface area contributed by atoms with Gasteiger partial charge in [0.1, 0.15) is 5.75 Å². The summed E-state index contributed by atoms with van der Waals surface area (Å²) in [5.41, 5.74) is 1.71. The standard InChI is InChI=1S/C19H17ClN2O2S/c1-3-22-18(23)17(12-13-4-6-14(20)7-5-13)25-19(22)21-15-8-10-16(24-2)11-9-15/h4-12H,3H2,1-2H3/b17-12+,21-19?. The topological polar surface area (TPSA) is 41.9 Å². The van der Waals surface area contributed by atoms with E-state index in [-0.39, 0.29) is 5.91 Å². The van der Waals surface area contributed by atoms with Gasteiger partial charge in [0.15, 0.2) is 5.17 Å². The van der Waals surface area contributed by atoms with Crippen LogP contribution in [0, 0.1) is 0 Å². The summed E-state index contributed by atoms with van der Waals surface area (Å²) in [6.07, 6.45) is 1.86. The fourth-order valence-electron chi connectivity index (χ4n) is 2.35. The van der Waals surface area contributed by atoms with Gasteiger partial charge in [-0.3, -0.25) is 9.69 Å². The lowest BCUT2D eigenvalue weighted by atomic mass is 10.2. The van der Waals surface area contributed by atoms with E-state index in [1.165, 1.54) is 11.8 Å². The average molecular weight is 373 g/mol. The molecule has 3 rings (SSSR count). The summed E-state index contributed by atoms with van der Waals surface area (Å²) in [5, 5.41) is 1.35. The number of hydrogen-bond acceptors (Lipinski definition) is 4. The fourth-order valence-corrected chi connectivity index (χ4v) is 3.54. The summed E-state index contributed by atoms with van der Waals surface area (Å²) in [6, 6.07) is 14.8. The molecular formula is C19H17ClN2O2S. The molecule has 2 aromatic rings. The van der Waals surface area contributed by atoms with E-state index in [4.69, 9.17) is 16.3 Å². The van der Waals surface area contributed by atoms with Crippen LogP contribution in [0.1, 0.15) is 12.5 Å². The number of rotatable bonds is 4. The zero-order chi connectivity index (χ0) is 17.8. The first-order valence-corrected chi connectivity index (χ1v) is 9.00. The lowest BCUT2D eigenvalue weighted by Crippen LogP contribution is -2.28. The molecule has 0 N–H and O–H groups in total. The Bertz CT molecular complexity index is 830. The van der Waals surface area contributed by atoms with Crippen molar-refractivity contribution in [2.45, 2.75) is 6.92 Å². The highest BCUT2D eigenvalue weighted by molar-refractivity contribution is 8.18. The molecule has 6 heteroatoms. The molecule has 1 aliphatic heterocycles. The average Bonchev–Trinajstić information content (AvgIpc) is 2.92. The maximum absolute atomic E-state index is 12.6. The number of hydrogen-bond donors (Lipinski definition) is 0. The lowest BCUT2D eigenvalue weighted by Gasteiger charge is -2.12. The van der Waals surface area contributed by atoms with Gasteiger partial charge in [0.25, 0.3) is 5.91 Å². The number of likely N-dealkylation sites (N-methyl/N-ethyl adjacent to an activating group) is 1. The number of aliphatic imine (C=N–C) groups is 1. The van der Waals surface area contributed by atoms with Crippen molar-refractivity contribution < 1.29 is 9.53 Å². The summed E-state index contributed by atoms with van der Waals surface area (Å²) in [7, 11) is 1.62. The highest BCUT2D eigenvalue weighted by Gasteiger charge is 2.32. The highest BCUT2D eigenvalue weighted by Crippen LogP contribution is 2.34. The predicted molar refractivity (Wildman–Crippen MR) is 104 cm³/mol. The quantitative estimate of drug-likeness (QED) is 0.711. The molecule has 2 aromatic carbocycles. The SMILES string of the molecule is CCN1C(=O)/C(=C\c2ccc(Cl)cc2)SC1=Nc1ccc(OC)cc1. The normalized spacial score (nSPS) is 17.6. The second-order valence-corrected chi connectivity index (χ2v) is 6.75. The molecule has 128 valence electrons. The molecule has 0 atom stereocenters. The molecular weight excluding hydrogens is 356 g/mol. The van der Waals surface area contributed by atoms with Crippen LogP contribution < -0.4 is 4.74 Å². The van der Waals surface area contributed by atoms with Gasteiger partial charge in [-0.15, -0.1) is 0 Å². The number of carbonyl (C=O) groups excluding carboxylic acids is 1. The molecule has 1 amide bonds.